The molecule has 9 heteroatoms. The van der Waals surface area contributed by atoms with Gasteiger partial charge in [0.2, 0.25) is 11.7 Å². The minimum Gasteiger partial charge on any atom is -0.379 e. The molecule has 0 spiro atoms. The molecule has 2 heterocycles. The minimum atomic E-state index is -3.89. The summed E-state index contributed by atoms with van der Waals surface area (Å²) >= 11 is 0. The first-order valence-electron chi connectivity index (χ1n) is 10.1. The Kier molecular flexibility index (Phi) is 6.19. The maximum absolute atomic E-state index is 12.5. The molecule has 0 aliphatic carbocycles. The number of nitrogens with one attached hydrogen (secondary N) is 1. The Morgan fingerprint density at radius 2 is 1.78 bits per heavy atom. The Morgan fingerprint density at radius 3 is 2.53 bits per heavy atom. The van der Waals surface area contributed by atoms with Crippen LogP contribution in [0.15, 0.2) is 70.1 Å². The van der Waals surface area contributed by atoms with Gasteiger partial charge in [0.1, 0.15) is 10.6 Å². The van der Waals surface area contributed by atoms with Gasteiger partial charge in [0.25, 0.3) is 0 Å². The zero-order chi connectivity index (χ0) is 21.4. The quantitative estimate of drug-likeness (QED) is 0.417. The van der Waals surface area contributed by atoms with Crippen LogP contribution in [0.3, 0.4) is 0 Å². The van der Waals surface area contributed by atoms with Crippen molar-refractivity contribution in [2.75, 3.05) is 6.54 Å². The highest BCUT2D eigenvalue weighted by Gasteiger charge is 2.23. The average molecular weight is 472 g/mol. The monoisotopic (exact) mass is 471 g/mol. The van der Waals surface area contributed by atoms with Gasteiger partial charge in [0, 0.05) is 5.56 Å². The SMILES string of the molecule is Cc1ccc(S(=O)(=O)Oc2ccc3cc(-c4noc(C5CCCN5)n4)ccc3c2)cc1.Cl. The number of benzene rings is 3. The number of halogens is 1. The first-order valence-corrected chi connectivity index (χ1v) is 11.5. The van der Waals surface area contributed by atoms with Crippen LogP contribution in [0, 0.1) is 6.92 Å². The molecule has 0 amide bonds. The fraction of sp³-hybridized carbons (Fsp3) is 0.217. The van der Waals surface area contributed by atoms with Crippen molar-refractivity contribution in [2.24, 2.45) is 0 Å². The number of nitrogens with zero attached hydrogens (tertiary/aromatic N) is 2. The lowest BCUT2D eigenvalue weighted by atomic mass is 10.1. The zero-order valence-corrected chi connectivity index (χ0v) is 18.9. The second-order valence-electron chi connectivity index (χ2n) is 7.68. The highest BCUT2D eigenvalue weighted by Crippen LogP contribution is 2.29. The largest absolute Gasteiger partial charge is 0.379 e. The summed E-state index contributed by atoms with van der Waals surface area (Å²) in [6.45, 7) is 2.86. The summed E-state index contributed by atoms with van der Waals surface area (Å²) in [4.78, 5) is 4.65. The van der Waals surface area contributed by atoms with Gasteiger partial charge in [-0.3, -0.25) is 0 Å². The van der Waals surface area contributed by atoms with Crippen LogP contribution in [0.1, 0.15) is 30.3 Å². The van der Waals surface area contributed by atoms with E-state index in [0.717, 1.165) is 41.3 Å². The molecular formula is C23H22ClN3O4S. The lowest BCUT2D eigenvalue weighted by Gasteiger charge is -2.08. The highest BCUT2D eigenvalue weighted by atomic mass is 35.5. The number of aromatic nitrogens is 2. The lowest BCUT2D eigenvalue weighted by Crippen LogP contribution is -2.12. The normalized spacial score (nSPS) is 16.1. The minimum absolute atomic E-state index is 0. The Bertz CT molecular complexity index is 1350. The molecule has 1 fully saturated rings. The number of aryl methyl sites for hydroxylation is 1. The first-order chi connectivity index (χ1) is 15.0. The van der Waals surface area contributed by atoms with Crippen LogP contribution >= 0.6 is 12.4 Å². The summed E-state index contributed by atoms with van der Waals surface area (Å²) in [6, 6.07) is 17.6. The van der Waals surface area contributed by atoms with Crippen molar-refractivity contribution in [1.29, 1.82) is 0 Å². The van der Waals surface area contributed by atoms with Gasteiger partial charge in [-0.05, 0) is 67.4 Å². The van der Waals surface area contributed by atoms with E-state index in [2.05, 4.69) is 15.5 Å². The van der Waals surface area contributed by atoms with Gasteiger partial charge < -0.3 is 14.0 Å². The molecule has 5 rings (SSSR count). The Hall–Kier alpha value is -2.94. The van der Waals surface area contributed by atoms with Gasteiger partial charge in [-0.1, -0.05) is 41.1 Å². The van der Waals surface area contributed by atoms with Crippen molar-refractivity contribution in [3.05, 3.63) is 72.1 Å². The summed E-state index contributed by atoms with van der Waals surface area (Å²) in [5.74, 6) is 1.40. The third kappa shape index (κ3) is 4.48. The van der Waals surface area contributed by atoms with Crippen molar-refractivity contribution < 1.29 is 17.1 Å². The molecule has 4 aromatic rings. The number of fused-ring (bicyclic) bond motifs is 1. The van der Waals surface area contributed by atoms with Crippen molar-refractivity contribution in [1.82, 2.24) is 15.5 Å². The summed E-state index contributed by atoms with van der Waals surface area (Å²) in [7, 11) is -3.89. The van der Waals surface area contributed by atoms with Gasteiger partial charge in [-0.2, -0.15) is 13.4 Å². The van der Waals surface area contributed by atoms with Crippen LogP contribution in [0.2, 0.25) is 0 Å². The fourth-order valence-corrected chi connectivity index (χ4v) is 4.61. The highest BCUT2D eigenvalue weighted by molar-refractivity contribution is 7.87. The zero-order valence-electron chi connectivity index (χ0n) is 17.3. The van der Waals surface area contributed by atoms with E-state index < -0.39 is 10.1 Å². The molecule has 1 aromatic heterocycles. The van der Waals surface area contributed by atoms with Gasteiger partial charge in [-0.15, -0.1) is 12.4 Å². The van der Waals surface area contributed by atoms with E-state index in [4.69, 9.17) is 8.71 Å². The summed E-state index contributed by atoms with van der Waals surface area (Å²) < 4.78 is 35.9. The maximum Gasteiger partial charge on any atom is 0.339 e. The molecule has 1 N–H and O–H groups in total. The lowest BCUT2D eigenvalue weighted by molar-refractivity contribution is 0.345. The molecule has 0 bridgehead atoms. The van der Waals surface area contributed by atoms with Crippen molar-refractivity contribution >= 4 is 33.3 Å². The average Bonchev–Trinajstić information content (AvgIpc) is 3.45. The van der Waals surface area contributed by atoms with Crippen LogP contribution in [0.25, 0.3) is 22.2 Å². The van der Waals surface area contributed by atoms with Crippen LogP contribution in [0.5, 0.6) is 5.75 Å². The van der Waals surface area contributed by atoms with E-state index in [-0.39, 0.29) is 29.1 Å². The van der Waals surface area contributed by atoms with Crippen LogP contribution < -0.4 is 9.50 Å². The third-order valence-corrected chi connectivity index (χ3v) is 6.65. The van der Waals surface area contributed by atoms with Crippen LogP contribution in [0.4, 0.5) is 0 Å². The fourth-order valence-electron chi connectivity index (χ4n) is 3.68. The molecule has 1 aliphatic heterocycles. The van der Waals surface area contributed by atoms with Crippen LogP contribution in [-0.2, 0) is 10.1 Å². The summed E-state index contributed by atoms with van der Waals surface area (Å²) in [5, 5.41) is 9.23. The first kappa shape index (κ1) is 22.3. The van der Waals surface area contributed by atoms with E-state index in [1.165, 1.54) is 12.1 Å². The van der Waals surface area contributed by atoms with Gasteiger partial charge in [-0.25, -0.2) is 0 Å². The maximum atomic E-state index is 12.5. The second-order valence-corrected chi connectivity index (χ2v) is 9.23. The van der Waals surface area contributed by atoms with Gasteiger partial charge in [0.05, 0.1) is 6.04 Å². The Labute approximate surface area is 192 Å². The Balaban J connectivity index is 0.00000245. The van der Waals surface area contributed by atoms with Crippen molar-refractivity contribution in [2.45, 2.75) is 30.7 Å². The number of hydrogen-bond acceptors (Lipinski definition) is 7. The molecule has 32 heavy (non-hydrogen) atoms. The van der Waals surface area contributed by atoms with Crippen LogP contribution in [-0.4, -0.2) is 25.1 Å². The summed E-state index contributed by atoms with van der Waals surface area (Å²) in [5.41, 5.74) is 1.81. The number of hydrogen-bond donors (Lipinski definition) is 1. The van der Waals surface area contributed by atoms with Gasteiger partial charge in [0.15, 0.2) is 0 Å². The standard InChI is InChI=1S/C23H21N3O4S.ClH/c1-15-4-10-20(11-5-15)31(27,28)30-19-9-8-16-13-18(7-6-17(16)14-19)22-25-23(29-26-22)21-3-2-12-24-21;/h4-11,13-14,21,24H,2-3,12H2,1H3;1H. The second kappa shape index (κ2) is 8.90. The van der Waals surface area contributed by atoms with E-state index in [0.29, 0.717) is 11.7 Å². The van der Waals surface area contributed by atoms with E-state index in [1.54, 1.807) is 24.3 Å². The van der Waals surface area contributed by atoms with E-state index in [1.807, 2.05) is 31.2 Å². The molecule has 1 aliphatic rings. The Morgan fingerprint density at radius 1 is 1.03 bits per heavy atom. The molecule has 166 valence electrons. The third-order valence-electron chi connectivity index (χ3n) is 5.39. The molecule has 1 atom stereocenters. The smallest absolute Gasteiger partial charge is 0.339 e. The molecule has 1 unspecified atom stereocenters. The topological polar surface area (TPSA) is 94.3 Å². The predicted octanol–water partition coefficient (Wildman–Crippen LogP) is 4.81. The van der Waals surface area contributed by atoms with Crippen molar-refractivity contribution in [3.63, 3.8) is 0 Å². The summed E-state index contributed by atoms with van der Waals surface area (Å²) in [6.07, 6.45) is 2.09. The molecule has 3 aromatic carbocycles. The van der Waals surface area contributed by atoms with E-state index >= 15 is 0 Å². The van der Waals surface area contributed by atoms with Crippen molar-refractivity contribution in [3.8, 4) is 17.1 Å². The van der Waals surface area contributed by atoms with Gasteiger partial charge >= 0.3 is 10.1 Å². The molecular weight excluding hydrogens is 450 g/mol. The number of rotatable bonds is 5. The molecule has 0 radical (unpaired) electrons. The van der Waals surface area contributed by atoms with E-state index in [9.17, 15) is 8.42 Å². The molecule has 7 nitrogen and oxygen atoms in total. The molecule has 0 saturated carbocycles. The molecule has 1 saturated heterocycles. The predicted molar refractivity (Wildman–Crippen MR) is 123 cm³/mol.